The predicted octanol–water partition coefficient (Wildman–Crippen LogP) is 0.728. The van der Waals surface area contributed by atoms with Gasteiger partial charge in [-0.25, -0.2) is 0 Å². The van der Waals surface area contributed by atoms with E-state index in [1.165, 1.54) is 0 Å². The molecule has 0 atom stereocenters. The third-order valence-corrected chi connectivity index (χ3v) is 3.31. The van der Waals surface area contributed by atoms with Gasteiger partial charge in [0.25, 0.3) is 0 Å². The van der Waals surface area contributed by atoms with E-state index in [9.17, 15) is 4.79 Å². The molecular weight excluding hydrogens is 260 g/mol. The topological polar surface area (TPSA) is 60.0 Å². The summed E-state index contributed by atoms with van der Waals surface area (Å²) in [6.45, 7) is 4.37. The van der Waals surface area contributed by atoms with Crippen LogP contribution < -0.4 is 14.8 Å². The highest BCUT2D eigenvalue weighted by molar-refractivity contribution is 5.94. The lowest BCUT2D eigenvalue weighted by atomic mass is 10.2. The highest BCUT2D eigenvalue weighted by atomic mass is 16.6. The molecule has 1 saturated heterocycles. The van der Waals surface area contributed by atoms with Crippen molar-refractivity contribution in [1.82, 2.24) is 4.90 Å². The van der Waals surface area contributed by atoms with Crippen molar-refractivity contribution in [2.24, 2.45) is 0 Å². The number of amides is 1. The normalized spacial score (nSPS) is 18.6. The molecule has 1 amide bonds. The molecule has 0 radical (unpaired) electrons. The van der Waals surface area contributed by atoms with Crippen molar-refractivity contribution in [3.63, 3.8) is 0 Å². The van der Waals surface area contributed by atoms with Crippen LogP contribution in [0.4, 0.5) is 5.69 Å². The summed E-state index contributed by atoms with van der Waals surface area (Å²) in [5.41, 5.74) is 0.667. The van der Waals surface area contributed by atoms with Crippen molar-refractivity contribution in [1.29, 1.82) is 0 Å². The predicted molar refractivity (Wildman–Crippen MR) is 73.3 cm³/mol. The molecule has 0 aliphatic carbocycles. The highest BCUT2D eigenvalue weighted by Gasteiger charge is 2.19. The molecule has 0 aromatic heterocycles. The highest BCUT2D eigenvalue weighted by Crippen LogP contribution is 2.37. The summed E-state index contributed by atoms with van der Waals surface area (Å²) >= 11 is 0. The summed E-state index contributed by atoms with van der Waals surface area (Å²) in [4.78, 5) is 14.2. The number of morpholine rings is 1. The van der Waals surface area contributed by atoms with Crippen molar-refractivity contribution in [2.45, 2.75) is 0 Å². The minimum absolute atomic E-state index is 0.0468. The fourth-order valence-electron chi connectivity index (χ4n) is 2.32. The molecule has 2 aliphatic rings. The lowest BCUT2D eigenvalue weighted by Gasteiger charge is -2.26. The first-order valence-electron chi connectivity index (χ1n) is 6.81. The Kier molecular flexibility index (Phi) is 4.03. The number of carbonyl (C=O) groups is 1. The van der Waals surface area contributed by atoms with E-state index in [0.29, 0.717) is 50.2 Å². The fraction of sp³-hybridized carbons (Fsp3) is 0.500. The van der Waals surface area contributed by atoms with E-state index in [2.05, 4.69) is 10.2 Å². The van der Waals surface area contributed by atoms with Crippen LogP contribution >= 0.6 is 0 Å². The summed E-state index contributed by atoms with van der Waals surface area (Å²) < 4.78 is 16.3. The minimum Gasteiger partial charge on any atom is -0.486 e. The van der Waals surface area contributed by atoms with Crippen molar-refractivity contribution < 1.29 is 19.0 Å². The maximum absolute atomic E-state index is 12.1. The van der Waals surface area contributed by atoms with Crippen LogP contribution in [0.5, 0.6) is 11.5 Å². The Morgan fingerprint density at radius 3 is 2.80 bits per heavy atom. The fourth-order valence-corrected chi connectivity index (χ4v) is 2.32. The Bertz CT molecular complexity index is 486. The van der Waals surface area contributed by atoms with Crippen LogP contribution in [0.3, 0.4) is 0 Å². The van der Waals surface area contributed by atoms with Gasteiger partial charge in [0, 0.05) is 13.1 Å². The largest absolute Gasteiger partial charge is 0.486 e. The number of nitrogens with one attached hydrogen (secondary N) is 1. The van der Waals surface area contributed by atoms with Crippen LogP contribution in [-0.2, 0) is 9.53 Å². The lowest BCUT2D eigenvalue weighted by molar-refractivity contribution is -0.118. The van der Waals surface area contributed by atoms with Crippen molar-refractivity contribution in [2.75, 3.05) is 51.4 Å². The average Bonchev–Trinajstić information content (AvgIpc) is 2.48. The SMILES string of the molecule is O=C(CN1CCOCC1)Nc1cccc2c1OCCO2. The zero-order chi connectivity index (χ0) is 13.8. The molecule has 2 aliphatic heterocycles. The molecule has 1 N–H and O–H groups in total. The summed E-state index contributed by atoms with van der Waals surface area (Å²) in [6, 6.07) is 5.51. The maximum Gasteiger partial charge on any atom is 0.238 e. The molecule has 6 heteroatoms. The van der Waals surface area contributed by atoms with Crippen LogP contribution in [0.1, 0.15) is 0 Å². The molecule has 6 nitrogen and oxygen atoms in total. The molecule has 1 aromatic rings. The Morgan fingerprint density at radius 2 is 1.95 bits per heavy atom. The number of nitrogens with zero attached hydrogens (tertiary/aromatic N) is 1. The maximum atomic E-state index is 12.1. The van der Waals surface area contributed by atoms with Gasteiger partial charge in [0.15, 0.2) is 11.5 Å². The van der Waals surface area contributed by atoms with Crippen molar-refractivity contribution in [3.8, 4) is 11.5 Å². The van der Waals surface area contributed by atoms with Gasteiger partial charge < -0.3 is 19.5 Å². The number of fused-ring (bicyclic) bond motifs is 1. The van der Waals surface area contributed by atoms with Crippen molar-refractivity contribution in [3.05, 3.63) is 18.2 Å². The number of hydrogen-bond acceptors (Lipinski definition) is 5. The number of ether oxygens (including phenoxy) is 3. The Morgan fingerprint density at radius 1 is 1.15 bits per heavy atom. The second-order valence-corrected chi connectivity index (χ2v) is 4.77. The number of benzene rings is 1. The van der Waals surface area contributed by atoms with E-state index in [-0.39, 0.29) is 5.91 Å². The average molecular weight is 278 g/mol. The molecule has 0 bridgehead atoms. The van der Waals surface area contributed by atoms with Crippen molar-refractivity contribution >= 4 is 11.6 Å². The van der Waals surface area contributed by atoms with E-state index in [0.717, 1.165) is 13.1 Å². The monoisotopic (exact) mass is 278 g/mol. The van der Waals surface area contributed by atoms with Crippen LogP contribution in [0, 0.1) is 0 Å². The Balaban J connectivity index is 1.63. The second-order valence-electron chi connectivity index (χ2n) is 4.77. The minimum atomic E-state index is -0.0468. The summed E-state index contributed by atoms with van der Waals surface area (Å²) in [7, 11) is 0. The van der Waals surface area contributed by atoms with Gasteiger partial charge in [-0.05, 0) is 12.1 Å². The molecule has 108 valence electrons. The quantitative estimate of drug-likeness (QED) is 0.883. The summed E-state index contributed by atoms with van der Waals surface area (Å²) in [5.74, 6) is 1.25. The molecule has 0 unspecified atom stereocenters. The number of hydrogen-bond donors (Lipinski definition) is 1. The third-order valence-electron chi connectivity index (χ3n) is 3.31. The van der Waals surface area contributed by atoms with Gasteiger partial charge in [0.2, 0.25) is 5.91 Å². The molecule has 20 heavy (non-hydrogen) atoms. The van der Waals surface area contributed by atoms with E-state index in [1.54, 1.807) is 0 Å². The summed E-state index contributed by atoms with van der Waals surface area (Å²) in [5, 5.41) is 2.89. The van der Waals surface area contributed by atoms with Crippen LogP contribution in [0.2, 0.25) is 0 Å². The van der Waals surface area contributed by atoms with Gasteiger partial charge in [0.05, 0.1) is 25.4 Å². The van der Waals surface area contributed by atoms with Gasteiger partial charge >= 0.3 is 0 Å². The van der Waals surface area contributed by atoms with Gasteiger partial charge in [-0.1, -0.05) is 6.07 Å². The van der Waals surface area contributed by atoms with E-state index < -0.39 is 0 Å². The van der Waals surface area contributed by atoms with E-state index in [4.69, 9.17) is 14.2 Å². The van der Waals surface area contributed by atoms with Gasteiger partial charge in [0.1, 0.15) is 13.2 Å². The molecule has 0 saturated carbocycles. The van der Waals surface area contributed by atoms with Gasteiger partial charge in [-0.15, -0.1) is 0 Å². The zero-order valence-corrected chi connectivity index (χ0v) is 11.3. The number of para-hydroxylation sites is 1. The molecule has 0 spiro atoms. The molecular formula is C14H18N2O4. The molecule has 3 rings (SSSR count). The number of rotatable bonds is 3. The lowest BCUT2D eigenvalue weighted by Crippen LogP contribution is -2.41. The van der Waals surface area contributed by atoms with Gasteiger partial charge in [-0.3, -0.25) is 9.69 Å². The summed E-state index contributed by atoms with van der Waals surface area (Å²) in [6.07, 6.45) is 0. The molecule has 2 heterocycles. The Hall–Kier alpha value is -1.79. The van der Waals surface area contributed by atoms with Crippen LogP contribution in [0.15, 0.2) is 18.2 Å². The first-order chi connectivity index (χ1) is 9.83. The first-order valence-corrected chi connectivity index (χ1v) is 6.81. The Labute approximate surface area is 117 Å². The number of anilines is 1. The molecule has 1 aromatic carbocycles. The number of carbonyl (C=O) groups excluding carboxylic acids is 1. The van der Waals surface area contributed by atoms with Crippen LogP contribution in [0.25, 0.3) is 0 Å². The smallest absolute Gasteiger partial charge is 0.238 e. The van der Waals surface area contributed by atoms with E-state index in [1.807, 2.05) is 18.2 Å². The molecule has 1 fully saturated rings. The zero-order valence-electron chi connectivity index (χ0n) is 11.3. The van der Waals surface area contributed by atoms with Gasteiger partial charge in [-0.2, -0.15) is 0 Å². The van der Waals surface area contributed by atoms with E-state index >= 15 is 0 Å². The second kappa shape index (κ2) is 6.11. The van der Waals surface area contributed by atoms with Crippen LogP contribution in [-0.4, -0.2) is 56.9 Å². The standard InChI is InChI=1S/C14H18N2O4/c17-13(10-16-4-6-18-7-5-16)15-11-2-1-3-12-14(11)20-9-8-19-12/h1-3H,4-10H2,(H,15,17). The first kappa shape index (κ1) is 13.2. The third kappa shape index (κ3) is 3.02.